The second-order valence-corrected chi connectivity index (χ2v) is 8.02. The first-order valence-electron chi connectivity index (χ1n) is 9.05. The number of ketones is 1. The third-order valence-electron chi connectivity index (χ3n) is 4.87. The first-order chi connectivity index (χ1) is 14.3. The lowest BCUT2D eigenvalue weighted by Crippen LogP contribution is -2.31. The molecule has 0 spiro atoms. The number of aryl methyl sites for hydroxylation is 2. The van der Waals surface area contributed by atoms with Crippen molar-refractivity contribution in [2.45, 2.75) is 19.9 Å². The maximum absolute atomic E-state index is 14.7. The molecule has 0 saturated heterocycles. The highest BCUT2D eigenvalue weighted by molar-refractivity contribution is 7.14. The summed E-state index contributed by atoms with van der Waals surface area (Å²) in [5, 5.41) is 11.3. The van der Waals surface area contributed by atoms with Gasteiger partial charge in [0.2, 0.25) is 5.78 Å². The molecule has 1 unspecified atom stereocenters. The van der Waals surface area contributed by atoms with Crippen molar-refractivity contribution in [1.82, 2.24) is 4.98 Å². The molecule has 152 valence electrons. The Hall–Kier alpha value is -3.39. The summed E-state index contributed by atoms with van der Waals surface area (Å²) < 4.78 is 28.2. The number of hydrogen-bond donors (Lipinski definition) is 1. The van der Waals surface area contributed by atoms with Gasteiger partial charge in [0.25, 0.3) is 5.91 Å². The van der Waals surface area contributed by atoms with Crippen molar-refractivity contribution in [3.05, 3.63) is 92.6 Å². The molecular weight excluding hydrogens is 410 g/mol. The number of carbonyl (C=O) groups excluding carboxylic acids is 2. The molecule has 4 rings (SSSR count). The van der Waals surface area contributed by atoms with Gasteiger partial charge in [-0.15, -0.1) is 11.3 Å². The Morgan fingerprint density at radius 2 is 1.77 bits per heavy atom. The van der Waals surface area contributed by atoms with E-state index in [1.165, 1.54) is 30.3 Å². The van der Waals surface area contributed by atoms with Crippen molar-refractivity contribution in [2.24, 2.45) is 0 Å². The zero-order valence-electron chi connectivity index (χ0n) is 16.0. The number of nitrogens with zero attached hydrogens (tertiary/aromatic N) is 2. The van der Waals surface area contributed by atoms with Gasteiger partial charge in [0.1, 0.15) is 11.6 Å². The van der Waals surface area contributed by atoms with E-state index in [-0.39, 0.29) is 21.7 Å². The van der Waals surface area contributed by atoms with Crippen LogP contribution in [-0.2, 0) is 4.79 Å². The summed E-state index contributed by atoms with van der Waals surface area (Å²) >= 11 is 1.13. The Balaban J connectivity index is 1.92. The lowest BCUT2D eigenvalue weighted by molar-refractivity contribution is -0.117. The van der Waals surface area contributed by atoms with Crippen LogP contribution < -0.4 is 4.90 Å². The molecule has 0 saturated carbocycles. The van der Waals surface area contributed by atoms with Gasteiger partial charge < -0.3 is 5.11 Å². The maximum atomic E-state index is 14.7. The van der Waals surface area contributed by atoms with Gasteiger partial charge in [-0.25, -0.2) is 13.8 Å². The SMILES string of the molecule is Cc1nc(C)c(C(=O)C2=C(O)C(=O)N(c3ccc(F)cc3)C2c2ccccc2F)s1. The molecule has 5 nitrogen and oxygen atoms in total. The number of aliphatic hydroxyl groups excluding tert-OH is 1. The molecule has 1 aliphatic rings. The quantitative estimate of drug-likeness (QED) is 0.607. The molecule has 0 aliphatic carbocycles. The first-order valence-corrected chi connectivity index (χ1v) is 9.86. The highest BCUT2D eigenvalue weighted by Crippen LogP contribution is 2.43. The Kier molecular flexibility index (Phi) is 4.95. The number of Topliss-reactive ketones (excluding diaryl/α,β-unsaturated/α-hetero) is 1. The van der Waals surface area contributed by atoms with E-state index in [1.807, 2.05) is 0 Å². The molecule has 1 N–H and O–H groups in total. The fraction of sp³-hybridized carbons (Fsp3) is 0.136. The summed E-state index contributed by atoms with van der Waals surface area (Å²) in [6.07, 6.45) is 0. The maximum Gasteiger partial charge on any atom is 0.294 e. The lowest BCUT2D eigenvalue weighted by Gasteiger charge is -2.27. The second-order valence-electron chi connectivity index (χ2n) is 6.81. The van der Waals surface area contributed by atoms with Crippen LogP contribution in [0.1, 0.15) is 32.0 Å². The van der Waals surface area contributed by atoms with Crippen LogP contribution in [0.5, 0.6) is 0 Å². The van der Waals surface area contributed by atoms with Crippen LogP contribution in [0, 0.1) is 25.5 Å². The minimum atomic E-state index is -1.21. The third kappa shape index (κ3) is 3.19. The molecule has 0 radical (unpaired) electrons. The van der Waals surface area contributed by atoms with Gasteiger partial charge >= 0.3 is 0 Å². The summed E-state index contributed by atoms with van der Waals surface area (Å²) in [6, 6.07) is 9.48. The fourth-order valence-corrected chi connectivity index (χ4v) is 4.43. The zero-order chi connectivity index (χ0) is 21.6. The van der Waals surface area contributed by atoms with E-state index < -0.39 is 35.1 Å². The number of anilines is 1. The predicted molar refractivity (Wildman–Crippen MR) is 109 cm³/mol. The Morgan fingerprint density at radius 1 is 1.10 bits per heavy atom. The molecule has 8 heteroatoms. The number of aromatic nitrogens is 1. The van der Waals surface area contributed by atoms with Crippen LogP contribution in [-0.4, -0.2) is 21.8 Å². The molecule has 2 aromatic carbocycles. The number of thiazole rings is 1. The second kappa shape index (κ2) is 7.46. The van der Waals surface area contributed by atoms with E-state index in [9.17, 15) is 23.5 Å². The Morgan fingerprint density at radius 3 is 2.37 bits per heavy atom. The number of rotatable bonds is 4. The van der Waals surface area contributed by atoms with Gasteiger partial charge in [-0.3, -0.25) is 14.5 Å². The minimum Gasteiger partial charge on any atom is -0.503 e. The van der Waals surface area contributed by atoms with Crippen LogP contribution in [0.2, 0.25) is 0 Å². The van der Waals surface area contributed by atoms with Crippen molar-refractivity contribution in [1.29, 1.82) is 0 Å². The smallest absolute Gasteiger partial charge is 0.294 e. The average molecular weight is 426 g/mol. The van der Waals surface area contributed by atoms with Gasteiger partial charge in [-0.1, -0.05) is 18.2 Å². The highest BCUT2D eigenvalue weighted by Gasteiger charge is 2.46. The summed E-state index contributed by atoms with van der Waals surface area (Å²) in [5.41, 5.74) is 0.492. The number of aliphatic hydroxyl groups is 1. The Labute approximate surface area is 174 Å². The monoisotopic (exact) mass is 426 g/mol. The van der Waals surface area contributed by atoms with Crippen molar-refractivity contribution < 1.29 is 23.5 Å². The van der Waals surface area contributed by atoms with Gasteiger partial charge in [0, 0.05) is 11.3 Å². The van der Waals surface area contributed by atoms with Gasteiger partial charge in [-0.2, -0.15) is 0 Å². The van der Waals surface area contributed by atoms with Gasteiger partial charge in [0.05, 0.1) is 27.2 Å². The number of benzene rings is 2. The summed E-state index contributed by atoms with van der Waals surface area (Å²) in [7, 11) is 0. The van der Waals surface area contributed by atoms with Gasteiger partial charge in [0.15, 0.2) is 5.76 Å². The van der Waals surface area contributed by atoms with E-state index in [1.54, 1.807) is 19.9 Å². The number of amides is 1. The van der Waals surface area contributed by atoms with Crippen molar-refractivity contribution in [2.75, 3.05) is 4.90 Å². The zero-order valence-corrected chi connectivity index (χ0v) is 16.8. The van der Waals surface area contributed by atoms with E-state index in [0.29, 0.717) is 10.7 Å². The third-order valence-corrected chi connectivity index (χ3v) is 5.94. The topological polar surface area (TPSA) is 70.5 Å². The summed E-state index contributed by atoms with van der Waals surface area (Å²) in [5.74, 6) is -3.38. The van der Waals surface area contributed by atoms with Crippen LogP contribution >= 0.6 is 11.3 Å². The molecule has 1 amide bonds. The van der Waals surface area contributed by atoms with E-state index >= 15 is 0 Å². The van der Waals surface area contributed by atoms with Crippen molar-refractivity contribution in [3.8, 4) is 0 Å². The van der Waals surface area contributed by atoms with Crippen LogP contribution in [0.3, 0.4) is 0 Å². The van der Waals surface area contributed by atoms with Gasteiger partial charge in [-0.05, 0) is 44.2 Å². The summed E-state index contributed by atoms with van der Waals surface area (Å²) in [6.45, 7) is 3.39. The van der Waals surface area contributed by atoms with E-state index in [4.69, 9.17) is 0 Å². The highest BCUT2D eigenvalue weighted by atomic mass is 32.1. The minimum absolute atomic E-state index is 0.0430. The van der Waals surface area contributed by atoms with Crippen LogP contribution in [0.4, 0.5) is 14.5 Å². The molecule has 1 atom stereocenters. The molecule has 30 heavy (non-hydrogen) atoms. The van der Waals surface area contributed by atoms with Crippen molar-refractivity contribution in [3.63, 3.8) is 0 Å². The molecule has 0 fully saturated rings. The molecule has 0 bridgehead atoms. The van der Waals surface area contributed by atoms with E-state index in [0.717, 1.165) is 28.4 Å². The number of hydrogen-bond acceptors (Lipinski definition) is 5. The molecule has 1 aromatic heterocycles. The average Bonchev–Trinajstić information content (AvgIpc) is 3.18. The molecule has 2 heterocycles. The van der Waals surface area contributed by atoms with Crippen LogP contribution in [0.15, 0.2) is 59.9 Å². The van der Waals surface area contributed by atoms with Crippen molar-refractivity contribution >= 4 is 28.7 Å². The number of carbonyl (C=O) groups is 2. The standard InChI is InChI=1S/C22H16F2N2O3S/c1-11-21(30-12(2)25-11)19(27)17-18(15-5-3-4-6-16(15)24)26(22(29)20(17)28)14-9-7-13(23)8-10-14/h3-10,18,28H,1-2H3. The van der Waals surface area contributed by atoms with E-state index in [2.05, 4.69) is 4.98 Å². The summed E-state index contributed by atoms with van der Waals surface area (Å²) in [4.78, 5) is 31.9. The first kappa shape index (κ1) is 19.9. The number of halogens is 2. The molecular formula is C22H16F2N2O3S. The van der Waals surface area contributed by atoms with Crippen LogP contribution in [0.25, 0.3) is 0 Å². The predicted octanol–water partition coefficient (Wildman–Crippen LogP) is 4.82. The molecule has 1 aliphatic heterocycles. The fourth-order valence-electron chi connectivity index (χ4n) is 3.56. The Bertz CT molecular complexity index is 1200. The lowest BCUT2D eigenvalue weighted by atomic mass is 9.94. The normalized spacial score (nSPS) is 16.5. The molecule has 3 aromatic rings. The largest absolute Gasteiger partial charge is 0.503 e.